The van der Waals surface area contributed by atoms with Crippen LogP contribution in [0.25, 0.3) is 0 Å². The molecular weight excluding hydrogens is 140 g/mol. The van der Waals surface area contributed by atoms with Crippen molar-refractivity contribution in [2.75, 3.05) is 0 Å². The summed E-state index contributed by atoms with van der Waals surface area (Å²) in [5.74, 6) is 0. The van der Waals surface area contributed by atoms with Crippen LogP contribution in [0.2, 0.25) is 6.55 Å². The van der Waals surface area contributed by atoms with Crippen molar-refractivity contribution in [3.63, 3.8) is 0 Å². The average molecular weight is 158 g/mol. The van der Waals surface area contributed by atoms with Crippen LogP contribution in [0, 0.1) is 0 Å². The second-order valence-electron chi connectivity index (χ2n) is 3.11. The van der Waals surface area contributed by atoms with Gasteiger partial charge >= 0.3 is 0 Å². The highest BCUT2D eigenvalue weighted by Gasteiger charge is 1.95. The standard InChI is InChI=1S/C7H18N2Si/c1-6(2)8-10(5)9-7(3)4/h6-8H,1-5H3. The number of rotatable bonds is 3. The van der Waals surface area contributed by atoms with Gasteiger partial charge in [-0.2, -0.15) is 0 Å². The van der Waals surface area contributed by atoms with Crippen molar-refractivity contribution in [1.82, 2.24) is 4.98 Å². The first-order chi connectivity index (χ1) is 4.52. The van der Waals surface area contributed by atoms with Crippen molar-refractivity contribution < 1.29 is 0 Å². The van der Waals surface area contributed by atoms with Crippen molar-refractivity contribution >= 4 is 8.75 Å². The van der Waals surface area contributed by atoms with Gasteiger partial charge in [-0.05, 0) is 34.2 Å². The second kappa shape index (κ2) is 4.60. The zero-order chi connectivity index (χ0) is 8.15. The van der Waals surface area contributed by atoms with Gasteiger partial charge in [-0.25, -0.2) is 0 Å². The summed E-state index contributed by atoms with van der Waals surface area (Å²) in [5, 5.41) is 0. The van der Waals surface area contributed by atoms with E-state index in [-0.39, 0.29) is 0 Å². The van der Waals surface area contributed by atoms with E-state index in [0.29, 0.717) is 12.1 Å². The maximum Gasteiger partial charge on any atom is 0.231 e. The topological polar surface area (TPSA) is 24.4 Å². The van der Waals surface area contributed by atoms with Crippen molar-refractivity contribution in [2.45, 2.75) is 46.3 Å². The van der Waals surface area contributed by atoms with Gasteiger partial charge in [0.15, 0.2) is 0 Å². The molecule has 0 fully saturated rings. The van der Waals surface area contributed by atoms with Crippen LogP contribution in [0.4, 0.5) is 0 Å². The first kappa shape index (κ1) is 9.82. The largest absolute Gasteiger partial charge is 0.405 e. The van der Waals surface area contributed by atoms with Gasteiger partial charge in [0.05, 0.1) is 0 Å². The predicted octanol–water partition coefficient (Wildman–Crippen LogP) is 1.78. The number of hydrogen-bond acceptors (Lipinski definition) is 1. The molecule has 0 rings (SSSR count). The SMILES string of the molecule is CC(C)N=[Si](C)NC(C)C. The Bertz CT molecular complexity index is 119. The van der Waals surface area contributed by atoms with Crippen LogP contribution in [-0.4, -0.2) is 20.8 Å². The Kier molecular flexibility index (Phi) is 4.52. The molecular formula is C7H18N2Si. The van der Waals surface area contributed by atoms with Crippen molar-refractivity contribution in [2.24, 2.45) is 4.63 Å². The summed E-state index contributed by atoms with van der Waals surface area (Å²) in [5.41, 5.74) is 0. The quantitative estimate of drug-likeness (QED) is 0.622. The molecule has 0 aromatic heterocycles. The Morgan fingerprint density at radius 3 is 2.00 bits per heavy atom. The fraction of sp³-hybridized carbons (Fsp3) is 1.00. The molecule has 0 radical (unpaired) electrons. The number of nitrogens with one attached hydrogen (secondary N) is 1. The summed E-state index contributed by atoms with van der Waals surface area (Å²) in [6, 6.07) is 1.05. The molecule has 0 amide bonds. The van der Waals surface area contributed by atoms with Crippen molar-refractivity contribution in [1.29, 1.82) is 0 Å². The Balaban J connectivity index is 3.71. The molecule has 0 spiro atoms. The fourth-order valence-electron chi connectivity index (χ4n) is 0.842. The van der Waals surface area contributed by atoms with Gasteiger partial charge in [0.1, 0.15) is 0 Å². The Labute approximate surface area is 65.4 Å². The average Bonchev–Trinajstić information content (AvgIpc) is 1.58. The highest BCUT2D eigenvalue weighted by Crippen LogP contribution is 1.86. The van der Waals surface area contributed by atoms with Gasteiger partial charge in [-0.15, -0.1) is 0 Å². The third-order valence-corrected chi connectivity index (χ3v) is 2.85. The van der Waals surface area contributed by atoms with Gasteiger partial charge in [-0.3, -0.25) is 0 Å². The lowest BCUT2D eigenvalue weighted by molar-refractivity contribution is 0.737. The van der Waals surface area contributed by atoms with E-state index in [1.807, 2.05) is 0 Å². The van der Waals surface area contributed by atoms with Gasteiger partial charge in [-0.1, -0.05) is 0 Å². The smallest absolute Gasteiger partial charge is 0.231 e. The number of hydrogen-bond donors (Lipinski definition) is 1. The van der Waals surface area contributed by atoms with Gasteiger partial charge in [0.2, 0.25) is 8.75 Å². The van der Waals surface area contributed by atoms with E-state index in [4.69, 9.17) is 0 Å². The van der Waals surface area contributed by atoms with Crippen LogP contribution >= 0.6 is 0 Å². The lowest BCUT2D eigenvalue weighted by Gasteiger charge is -2.08. The Morgan fingerprint density at radius 2 is 1.70 bits per heavy atom. The van der Waals surface area contributed by atoms with E-state index in [2.05, 4.69) is 43.9 Å². The summed E-state index contributed by atoms with van der Waals surface area (Å²) in [7, 11) is -0.614. The molecule has 0 saturated carbocycles. The minimum absolute atomic E-state index is 0.477. The molecule has 0 unspecified atom stereocenters. The summed E-state index contributed by atoms with van der Waals surface area (Å²) in [4.78, 5) is 3.41. The van der Waals surface area contributed by atoms with E-state index in [0.717, 1.165) is 0 Å². The van der Waals surface area contributed by atoms with Crippen molar-refractivity contribution in [3.8, 4) is 0 Å². The molecule has 0 aliphatic carbocycles. The van der Waals surface area contributed by atoms with Crippen LogP contribution < -0.4 is 4.98 Å². The summed E-state index contributed by atoms with van der Waals surface area (Å²) in [6.07, 6.45) is 0. The molecule has 0 aromatic carbocycles. The van der Waals surface area contributed by atoms with Crippen LogP contribution in [-0.2, 0) is 0 Å². The Hall–Kier alpha value is -0.183. The summed E-state index contributed by atoms with van der Waals surface area (Å²) in [6.45, 7) is 10.7. The van der Waals surface area contributed by atoms with Gasteiger partial charge in [0.25, 0.3) is 0 Å². The maximum absolute atomic E-state index is 4.51. The molecule has 0 aromatic rings. The van der Waals surface area contributed by atoms with E-state index >= 15 is 0 Å². The predicted molar refractivity (Wildman–Crippen MR) is 47.5 cm³/mol. The van der Waals surface area contributed by atoms with Crippen molar-refractivity contribution in [3.05, 3.63) is 0 Å². The lowest BCUT2D eigenvalue weighted by Crippen LogP contribution is -2.30. The molecule has 3 heteroatoms. The maximum atomic E-state index is 4.51. The molecule has 1 N–H and O–H groups in total. The van der Waals surface area contributed by atoms with Crippen LogP contribution in [0.1, 0.15) is 27.7 Å². The fourth-order valence-corrected chi connectivity index (χ4v) is 2.53. The third-order valence-electron chi connectivity index (χ3n) is 0.949. The van der Waals surface area contributed by atoms with Gasteiger partial charge in [0, 0.05) is 12.1 Å². The third kappa shape index (κ3) is 5.94. The van der Waals surface area contributed by atoms with E-state index in [9.17, 15) is 0 Å². The molecule has 0 aliphatic rings. The molecule has 0 aliphatic heterocycles. The molecule has 10 heavy (non-hydrogen) atoms. The first-order valence-electron chi connectivity index (χ1n) is 3.83. The van der Waals surface area contributed by atoms with Crippen LogP contribution in [0.15, 0.2) is 4.63 Å². The van der Waals surface area contributed by atoms with Crippen LogP contribution in [0.3, 0.4) is 0 Å². The zero-order valence-electron chi connectivity index (χ0n) is 7.60. The monoisotopic (exact) mass is 158 g/mol. The lowest BCUT2D eigenvalue weighted by atomic mass is 10.4. The molecule has 0 bridgehead atoms. The minimum Gasteiger partial charge on any atom is -0.405 e. The molecule has 0 heterocycles. The molecule has 0 atom stereocenters. The molecule has 60 valence electrons. The molecule has 2 nitrogen and oxygen atoms in total. The van der Waals surface area contributed by atoms with E-state index < -0.39 is 8.75 Å². The van der Waals surface area contributed by atoms with E-state index in [1.165, 1.54) is 0 Å². The number of nitrogens with zero attached hydrogens (tertiary/aromatic N) is 1. The molecule has 0 saturated heterocycles. The Morgan fingerprint density at radius 1 is 1.20 bits per heavy atom. The summed E-state index contributed by atoms with van der Waals surface area (Å²) < 4.78 is 4.51. The van der Waals surface area contributed by atoms with E-state index in [1.54, 1.807) is 0 Å². The minimum atomic E-state index is -0.614. The second-order valence-corrected chi connectivity index (χ2v) is 4.82. The van der Waals surface area contributed by atoms with Gasteiger partial charge < -0.3 is 9.62 Å². The summed E-state index contributed by atoms with van der Waals surface area (Å²) >= 11 is 0. The zero-order valence-corrected chi connectivity index (χ0v) is 8.60. The first-order valence-corrected chi connectivity index (χ1v) is 5.78. The highest BCUT2D eigenvalue weighted by molar-refractivity contribution is 6.41. The van der Waals surface area contributed by atoms with Crippen LogP contribution in [0.5, 0.6) is 0 Å². The highest BCUT2D eigenvalue weighted by atomic mass is 28.3. The normalized spacial score (nSPS) is 12.9.